The number of rotatable bonds is 0. The predicted octanol–water partition coefficient (Wildman–Crippen LogP) is 0.958. The van der Waals surface area contributed by atoms with Crippen LogP contribution in [-0.2, 0) is 9.53 Å². The van der Waals surface area contributed by atoms with E-state index in [9.17, 15) is 4.79 Å². The minimum Gasteiger partial charge on any atom is -0.462 e. The Morgan fingerprint density at radius 1 is 1.30 bits per heavy atom. The van der Waals surface area contributed by atoms with Crippen molar-refractivity contribution in [2.75, 3.05) is 0 Å². The molecule has 4 atom stereocenters. The molecule has 0 aromatic heterocycles. The van der Waals surface area contributed by atoms with Crippen LogP contribution in [0.15, 0.2) is 0 Å². The number of carbonyl (C=O) groups is 1. The third-order valence-corrected chi connectivity index (χ3v) is 3.32. The van der Waals surface area contributed by atoms with E-state index in [0.717, 1.165) is 18.8 Å². The number of hydrogen-bond acceptors (Lipinski definition) is 2. The van der Waals surface area contributed by atoms with Crippen molar-refractivity contribution in [3.8, 4) is 0 Å². The lowest BCUT2D eigenvalue weighted by molar-refractivity contribution is -0.143. The Balaban J connectivity index is 2.05. The summed E-state index contributed by atoms with van der Waals surface area (Å²) in [5, 5.41) is 0. The lowest BCUT2D eigenvalue weighted by Gasteiger charge is -2.11. The molecule has 0 aromatic carbocycles. The summed E-state index contributed by atoms with van der Waals surface area (Å²) in [5.74, 6) is 1.85. The molecule has 2 bridgehead atoms. The van der Waals surface area contributed by atoms with Crippen LogP contribution in [0, 0.1) is 17.8 Å². The Labute approximate surface area is 59.6 Å². The molecule has 1 saturated heterocycles. The molecule has 10 heavy (non-hydrogen) atoms. The van der Waals surface area contributed by atoms with Gasteiger partial charge in [-0.05, 0) is 25.2 Å². The van der Waals surface area contributed by atoms with Gasteiger partial charge in [-0.25, -0.2) is 0 Å². The Bertz CT molecular complexity index is 197. The van der Waals surface area contributed by atoms with Gasteiger partial charge in [0.15, 0.2) is 0 Å². The molecule has 3 aliphatic rings. The molecule has 0 aromatic rings. The third-order valence-electron chi connectivity index (χ3n) is 3.32. The molecule has 0 unspecified atom stereocenters. The zero-order valence-electron chi connectivity index (χ0n) is 5.75. The molecule has 3 fully saturated rings. The van der Waals surface area contributed by atoms with Gasteiger partial charge in [0, 0.05) is 5.92 Å². The van der Waals surface area contributed by atoms with Crippen LogP contribution in [-0.4, -0.2) is 12.1 Å². The van der Waals surface area contributed by atoms with Crippen LogP contribution in [0.5, 0.6) is 0 Å². The molecule has 2 aliphatic carbocycles. The fourth-order valence-corrected chi connectivity index (χ4v) is 2.93. The van der Waals surface area contributed by atoms with Gasteiger partial charge in [0.1, 0.15) is 6.10 Å². The van der Waals surface area contributed by atoms with Gasteiger partial charge in [0.2, 0.25) is 0 Å². The highest BCUT2D eigenvalue weighted by Crippen LogP contribution is 2.54. The van der Waals surface area contributed by atoms with Gasteiger partial charge in [-0.2, -0.15) is 0 Å². The second-order valence-electron chi connectivity index (χ2n) is 3.82. The molecule has 0 N–H and O–H groups in total. The van der Waals surface area contributed by atoms with Crippen molar-refractivity contribution in [3.05, 3.63) is 0 Å². The molecule has 2 nitrogen and oxygen atoms in total. The second-order valence-corrected chi connectivity index (χ2v) is 3.82. The van der Waals surface area contributed by atoms with E-state index in [1.54, 1.807) is 0 Å². The highest BCUT2D eigenvalue weighted by atomic mass is 16.6. The van der Waals surface area contributed by atoms with E-state index in [2.05, 4.69) is 0 Å². The third kappa shape index (κ3) is 0.414. The maximum atomic E-state index is 11.1. The summed E-state index contributed by atoms with van der Waals surface area (Å²) in [6, 6.07) is 0. The zero-order valence-corrected chi connectivity index (χ0v) is 5.75. The molecule has 2 saturated carbocycles. The van der Waals surface area contributed by atoms with E-state index in [1.165, 1.54) is 6.42 Å². The average molecular weight is 138 g/mol. The van der Waals surface area contributed by atoms with Gasteiger partial charge in [0.05, 0.1) is 5.92 Å². The van der Waals surface area contributed by atoms with E-state index < -0.39 is 0 Å². The van der Waals surface area contributed by atoms with Gasteiger partial charge < -0.3 is 4.74 Å². The molecular weight excluding hydrogens is 128 g/mol. The summed E-state index contributed by atoms with van der Waals surface area (Å²) >= 11 is 0. The molecule has 1 aliphatic heterocycles. The minimum absolute atomic E-state index is 0.0926. The van der Waals surface area contributed by atoms with Crippen molar-refractivity contribution >= 4 is 5.97 Å². The SMILES string of the molecule is O=C1O[C@@H]2C[C@H]3C[C@@H]2[C@H]1C3. The first-order valence-electron chi connectivity index (χ1n) is 4.05. The van der Waals surface area contributed by atoms with E-state index in [4.69, 9.17) is 4.74 Å². The topological polar surface area (TPSA) is 26.3 Å². The second kappa shape index (κ2) is 1.39. The molecule has 54 valence electrons. The summed E-state index contributed by atoms with van der Waals surface area (Å²) in [6.07, 6.45) is 3.88. The van der Waals surface area contributed by atoms with Crippen LogP contribution in [0.4, 0.5) is 0 Å². The van der Waals surface area contributed by atoms with Crippen LogP contribution in [0.25, 0.3) is 0 Å². The first-order chi connectivity index (χ1) is 4.84. The number of hydrogen-bond donors (Lipinski definition) is 0. The van der Waals surface area contributed by atoms with Crippen molar-refractivity contribution in [2.45, 2.75) is 25.4 Å². The maximum absolute atomic E-state index is 11.1. The predicted molar refractivity (Wildman–Crippen MR) is 34.2 cm³/mol. The van der Waals surface area contributed by atoms with E-state index in [1.807, 2.05) is 0 Å². The van der Waals surface area contributed by atoms with Gasteiger partial charge in [-0.15, -0.1) is 0 Å². The number of fused-ring (bicyclic) bond motifs is 1. The lowest BCUT2D eigenvalue weighted by Crippen LogP contribution is -2.15. The van der Waals surface area contributed by atoms with Crippen LogP contribution in [0.3, 0.4) is 0 Å². The molecule has 0 amide bonds. The molecule has 0 spiro atoms. The Morgan fingerprint density at radius 2 is 2.20 bits per heavy atom. The van der Waals surface area contributed by atoms with Gasteiger partial charge in [0.25, 0.3) is 0 Å². The molecular formula is C8H10O2. The van der Waals surface area contributed by atoms with E-state index in [-0.39, 0.29) is 5.97 Å². The van der Waals surface area contributed by atoms with Gasteiger partial charge in [-0.3, -0.25) is 4.79 Å². The van der Waals surface area contributed by atoms with E-state index >= 15 is 0 Å². The first kappa shape index (κ1) is 5.16. The fraction of sp³-hybridized carbons (Fsp3) is 0.875. The monoisotopic (exact) mass is 138 g/mol. The first-order valence-corrected chi connectivity index (χ1v) is 4.05. The largest absolute Gasteiger partial charge is 0.462 e. The number of ether oxygens (including phenoxy) is 1. The standard InChI is InChI=1S/C8H10O2/c9-8-6-2-4-1-5(6)7(3-4)10-8/h4-7H,1-3H2/t4-,5+,6+,7+/m0/s1. The highest BCUT2D eigenvalue weighted by Gasteiger charge is 2.56. The molecule has 3 rings (SSSR count). The normalized spacial score (nSPS) is 55.8. The summed E-state index contributed by atoms with van der Waals surface area (Å²) in [7, 11) is 0. The van der Waals surface area contributed by atoms with Crippen LogP contribution >= 0.6 is 0 Å². The van der Waals surface area contributed by atoms with Gasteiger partial charge in [-0.1, -0.05) is 0 Å². The summed E-state index contributed by atoms with van der Waals surface area (Å²) < 4.78 is 5.20. The van der Waals surface area contributed by atoms with Crippen LogP contribution in [0.1, 0.15) is 19.3 Å². The summed E-state index contributed by atoms with van der Waals surface area (Å²) in [6.45, 7) is 0. The number of carbonyl (C=O) groups excluding carboxylic acids is 1. The zero-order chi connectivity index (χ0) is 6.72. The highest BCUT2D eigenvalue weighted by molar-refractivity contribution is 5.76. The number of esters is 1. The van der Waals surface area contributed by atoms with Crippen molar-refractivity contribution in [1.82, 2.24) is 0 Å². The lowest BCUT2D eigenvalue weighted by atomic mass is 9.90. The van der Waals surface area contributed by atoms with Crippen LogP contribution in [0.2, 0.25) is 0 Å². The Hall–Kier alpha value is -0.530. The quantitative estimate of drug-likeness (QED) is 0.466. The molecule has 1 heterocycles. The van der Waals surface area contributed by atoms with Crippen molar-refractivity contribution in [1.29, 1.82) is 0 Å². The van der Waals surface area contributed by atoms with Crippen LogP contribution < -0.4 is 0 Å². The molecule has 2 heteroatoms. The van der Waals surface area contributed by atoms with Crippen molar-refractivity contribution < 1.29 is 9.53 Å². The molecule has 0 radical (unpaired) electrons. The van der Waals surface area contributed by atoms with Gasteiger partial charge >= 0.3 is 5.97 Å². The Morgan fingerprint density at radius 3 is 2.80 bits per heavy atom. The summed E-state index contributed by atoms with van der Waals surface area (Å²) in [4.78, 5) is 11.1. The smallest absolute Gasteiger partial charge is 0.309 e. The summed E-state index contributed by atoms with van der Waals surface area (Å²) in [5.41, 5.74) is 0. The van der Waals surface area contributed by atoms with E-state index in [0.29, 0.717) is 17.9 Å². The maximum Gasteiger partial charge on any atom is 0.309 e. The minimum atomic E-state index is 0.0926. The fourth-order valence-electron chi connectivity index (χ4n) is 2.93. The Kier molecular flexibility index (Phi) is 0.715. The average Bonchev–Trinajstić information content (AvgIpc) is 2.44. The van der Waals surface area contributed by atoms with Crippen molar-refractivity contribution in [2.24, 2.45) is 17.8 Å². The van der Waals surface area contributed by atoms with Crippen molar-refractivity contribution in [3.63, 3.8) is 0 Å².